The van der Waals surface area contributed by atoms with Gasteiger partial charge in [0.15, 0.2) is 17.3 Å². The second-order valence-corrected chi connectivity index (χ2v) is 9.74. The molecule has 0 aliphatic carbocycles. The summed E-state index contributed by atoms with van der Waals surface area (Å²) in [5.74, 6) is 2.80. The Labute approximate surface area is 235 Å². The summed E-state index contributed by atoms with van der Waals surface area (Å²) in [4.78, 5) is 18.7. The molecule has 0 spiro atoms. The van der Waals surface area contributed by atoms with Crippen molar-refractivity contribution < 1.29 is 14.2 Å². The monoisotopic (exact) mass is 539 g/mol. The van der Waals surface area contributed by atoms with Crippen molar-refractivity contribution in [3.05, 3.63) is 93.8 Å². The molecule has 3 aromatic carbocycles. The highest BCUT2D eigenvalue weighted by molar-refractivity contribution is 5.83. The molecule has 0 saturated heterocycles. The van der Waals surface area contributed by atoms with Crippen LogP contribution in [-0.4, -0.2) is 36.2 Å². The largest absolute Gasteiger partial charge is 0.496 e. The summed E-state index contributed by atoms with van der Waals surface area (Å²) in [5, 5.41) is 5.20. The summed E-state index contributed by atoms with van der Waals surface area (Å²) in [6, 6.07) is 15.2. The van der Waals surface area contributed by atoms with Gasteiger partial charge in [0.25, 0.3) is 5.56 Å². The van der Waals surface area contributed by atoms with E-state index in [4.69, 9.17) is 24.3 Å². The van der Waals surface area contributed by atoms with E-state index in [1.165, 1.54) is 4.68 Å². The van der Waals surface area contributed by atoms with Crippen LogP contribution in [-0.2, 0) is 6.42 Å². The molecule has 0 saturated carbocycles. The van der Waals surface area contributed by atoms with Gasteiger partial charge in [-0.05, 0) is 86.2 Å². The quantitative estimate of drug-likeness (QED) is 0.153. The van der Waals surface area contributed by atoms with Crippen LogP contribution in [0.15, 0.2) is 71.1 Å². The third-order valence-electron chi connectivity index (χ3n) is 6.62. The highest BCUT2D eigenvalue weighted by Gasteiger charge is 2.19. The fraction of sp³-hybridized carbons (Fsp3) is 0.303. The van der Waals surface area contributed by atoms with Crippen molar-refractivity contribution >= 4 is 17.1 Å². The number of aryl methyl sites for hydroxylation is 1. The average Bonchev–Trinajstić information content (AvgIpc) is 2.94. The highest BCUT2D eigenvalue weighted by atomic mass is 16.5. The number of benzene rings is 3. The van der Waals surface area contributed by atoms with Crippen molar-refractivity contribution in [2.45, 2.75) is 47.0 Å². The van der Waals surface area contributed by atoms with Crippen LogP contribution in [0.3, 0.4) is 0 Å². The Morgan fingerprint density at radius 1 is 1.05 bits per heavy atom. The van der Waals surface area contributed by atoms with Gasteiger partial charge >= 0.3 is 0 Å². The second-order valence-electron chi connectivity index (χ2n) is 9.74. The molecule has 0 amide bonds. The zero-order chi connectivity index (χ0) is 28.8. The molecule has 1 aromatic heterocycles. The zero-order valence-electron chi connectivity index (χ0n) is 24.2. The summed E-state index contributed by atoms with van der Waals surface area (Å²) in [6.07, 6.45) is 4.08. The van der Waals surface area contributed by atoms with Crippen LogP contribution in [0.5, 0.6) is 17.2 Å². The van der Waals surface area contributed by atoms with Gasteiger partial charge in [-0.1, -0.05) is 32.1 Å². The first-order valence-electron chi connectivity index (χ1n) is 13.6. The molecule has 0 aliphatic heterocycles. The number of allylic oxidation sites excluding steroid dienone is 1. The minimum absolute atomic E-state index is 0.211. The first-order valence-corrected chi connectivity index (χ1v) is 13.6. The van der Waals surface area contributed by atoms with Gasteiger partial charge in [-0.15, -0.1) is 6.58 Å². The van der Waals surface area contributed by atoms with E-state index in [2.05, 4.69) is 20.4 Å². The summed E-state index contributed by atoms with van der Waals surface area (Å²) >= 11 is 0. The van der Waals surface area contributed by atoms with E-state index in [1.54, 1.807) is 19.4 Å². The molecule has 0 radical (unpaired) electrons. The number of methoxy groups -OCH3 is 1. The van der Waals surface area contributed by atoms with Gasteiger partial charge in [-0.2, -0.15) is 9.78 Å². The van der Waals surface area contributed by atoms with Crippen LogP contribution < -0.4 is 19.8 Å². The van der Waals surface area contributed by atoms with Crippen molar-refractivity contribution in [3.8, 4) is 28.6 Å². The van der Waals surface area contributed by atoms with Crippen LogP contribution in [0, 0.1) is 6.92 Å². The lowest BCUT2D eigenvalue weighted by Crippen LogP contribution is -2.21. The molecule has 0 fully saturated rings. The smallest absolute Gasteiger partial charge is 0.282 e. The Balaban J connectivity index is 1.95. The lowest BCUT2D eigenvalue weighted by molar-refractivity contribution is 0.285. The van der Waals surface area contributed by atoms with E-state index in [9.17, 15) is 4.79 Å². The minimum atomic E-state index is -0.250. The van der Waals surface area contributed by atoms with Gasteiger partial charge in [0.2, 0.25) is 0 Å². The van der Waals surface area contributed by atoms with Gasteiger partial charge in [-0.25, -0.2) is 4.98 Å². The molecule has 0 N–H and O–H groups in total. The number of ether oxygens (including phenoxy) is 3. The predicted octanol–water partition coefficient (Wildman–Crippen LogP) is 6.91. The van der Waals surface area contributed by atoms with Gasteiger partial charge < -0.3 is 14.2 Å². The lowest BCUT2D eigenvalue weighted by atomic mass is 9.96. The maximum Gasteiger partial charge on any atom is 0.282 e. The number of aromatic nitrogens is 2. The first-order chi connectivity index (χ1) is 19.3. The number of hydrogen-bond acceptors (Lipinski definition) is 6. The van der Waals surface area contributed by atoms with E-state index < -0.39 is 0 Å². The number of para-hydroxylation sites is 1. The van der Waals surface area contributed by atoms with Crippen molar-refractivity contribution in [1.82, 2.24) is 9.66 Å². The Morgan fingerprint density at radius 3 is 2.48 bits per heavy atom. The Morgan fingerprint density at radius 2 is 1.80 bits per heavy atom. The maximum atomic E-state index is 13.8. The molecule has 7 heteroatoms. The molecule has 4 aromatic rings. The Bertz CT molecular complexity index is 1620. The van der Waals surface area contributed by atoms with E-state index in [1.807, 2.05) is 69.3 Å². The molecular weight excluding hydrogens is 502 g/mol. The Kier molecular flexibility index (Phi) is 9.04. The van der Waals surface area contributed by atoms with E-state index in [0.29, 0.717) is 47.9 Å². The molecule has 0 aliphatic rings. The SMILES string of the molecule is C=CCc1cc(C=Nn2c(-c3cc(C(C)C)c(OC)cc3C)nc3ccccc3c2=O)cc(OCC)c1OCC. The fourth-order valence-electron chi connectivity index (χ4n) is 4.73. The van der Waals surface area contributed by atoms with E-state index in [-0.39, 0.29) is 11.5 Å². The molecular formula is C33H37N3O4. The van der Waals surface area contributed by atoms with Crippen molar-refractivity contribution in [3.63, 3.8) is 0 Å². The summed E-state index contributed by atoms with van der Waals surface area (Å²) in [7, 11) is 1.67. The van der Waals surface area contributed by atoms with E-state index >= 15 is 0 Å². The predicted molar refractivity (Wildman–Crippen MR) is 162 cm³/mol. The summed E-state index contributed by atoms with van der Waals surface area (Å²) in [6.45, 7) is 15.0. The van der Waals surface area contributed by atoms with Crippen LogP contribution in [0.4, 0.5) is 0 Å². The third-order valence-corrected chi connectivity index (χ3v) is 6.62. The highest BCUT2D eigenvalue weighted by Crippen LogP contribution is 2.35. The van der Waals surface area contributed by atoms with Gasteiger partial charge in [0, 0.05) is 11.1 Å². The molecule has 1 heterocycles. The number of hydrogen-bond donors (Lipinski definition) is 0. The molecule has 0 atom stereocenters. The molecule has 4 rings (SSSR count). The molecule has 0 bridgehead atoms. The lowest BCUT2D eigenvalue weighted by Gasteiger charge is -2.17. The van der Waals surface area contributed by atoms with E-state index in [0.717, 1.165) is 33.6 Å². The second kappa shape index (κ2) is 12.6. The number of nitrogens with zero attached hydrogens (tertiary/aromatic N) is 3. The standard InChI is InChI=1S/C33H37N3O4/c1-8-13-24-17-23(18-30(39-9-2)31(24)40-10-3)20-34-36-32(35-28-15-12-11-14-25(28)33(36)37)27-19-26(21(4)5)29(38-7)16-22(27)6/h8,11-12,14-21H,1,9-10,13H2,2-7H3. The first kappa shape index (κ1) is 28.6. The topological polar surface area (TPSA) is 74.9 Å². The third kappa shape index (κ3) is 5.78. The average molecular weight is 540 g/mol. The minimum Gasteiger partial charge on any atom is -0.496 e. The molecule has 0 unspecified atom stereocenters. The van der Waals surface area contributed by atoms with Crippen LogP contribution in [0.25, 0.3) is 22.3 Å². The normalized spacial score (nSPS) is 11.4. The number of fused-ring (bicyclic) bond motifs is 1. The Hall–Kier alpha value is -4.39. The summed E-state index contributed by atoms with van der Waals surface area (Å²) in [5.41, 5.74) is 4.84. The fourth-order valence-corrected chi connectivity index (χ4v) is 4.73. The zero-order valence-corrected chi connectivity index (χ0v) is 24.2. The van der Waals surface area contributed by atoms with Gasteiger partial charge in [0.05, 0.1) is 37.4 Å². The van der Waals surface area contributed by atoms with Crippen LogP contribution in [0.2, 0.25) is 0 Å². The van der Waals surface area contributed by atoms with Crippen LogP contribution >= 0.6 is 0 Å². The number of rotatable bonds is 11. The molecule has 208 valence electrons. The molecule has 7 nitrogen and oxygen atoms in total. The van der Waals surface area contributed by atoms with Crippen molar-refractivity contribution in [2.24, 2.45) is 5.10 Å². The maximum absolute atomic E-state index is 13.8. The summed E-state index contributed by atoms with van der Waals surface area (Å²) < 4.78 is 18.8. The van der Waals surface area contributed by atoms with Crippen molar-refractivity contribution in [2.75, 3.05) is 20.3 Å². The molecule has 40 heavy (non-hydrogen) atoms. The van der Waals surface area contributed by atoms with Crippen LogP contribution in [0.1, 0.15) is 55.9 Å². The van der Waals surface area contributed by atoms with Crippen molar-refractivity contribution in [1.29, 1.82) is 0 Å². The van der Waals surface area contributed by atoms with Gasteiger partial charge in [-0.3, -0.25) is 4.79 Å². The van der Waals surface area contributed by atoms with Gasteiger partial charge in [0.1, 0.15) is 5.75 Å².